The third kappa shape index (κ3) is 13.3. The van der Waals surface area contributed by atoms with Gasteiger partial charge in [0.15, 0.2) is 39.4 Å². The van der Waals surface area contributed by atoms with Gasteiger partial charge in [-0.1, -0.05) is 145 Å². The zero-order chi connectivity index (χ0) is 61.9. The van der Waals surface area contributed by atoms with Gasteiger partial charge in [-0.2, -0.15) is 0 Å². The van der Waals surface area contributed by atoms with Gasteiger partial charge in [-0.15, -0.1) is 0 Å². The maximum Gasteiger partial charge on any atom is 0.331 e. The molecule has 84 heavy (non-hydrogen) atoms. The van der Waals surface area contributed by atoms with E-state index in [1.165, 1.54) is 0 Å². The van der Waals surface area contributed by atoms with E-state index in [1.54, 1.807) is 51.7 Å². The van der Waals surface area contributed by atoms with Crippen molar-refractivity contribution in [2.75, 3.05) is 49.5 Å². The number of ether oxygens (including phenoxy) is 2. The fourth-order valence-electron chi connectivity index (χ4n) is 10.5. The summed E-state index contributed by atoms with van der Waals surface area (Å²) in [4.78, 5) is 33.0. The number of fused-ring (bicyclic) bond motifs is 4. The van der Waals surface area contributed by atoms with Gasteiger partial charge >= 0.3 is 8.60 Å². The molecule has 4 aliphatic carbocycles. The summed E-state index contributed by atoms with van der Waals surface area (Å²) in [7, 11) is 4.32. The number of Topliss-reactive ketones (excluding diaryl/α,β-unsaturated/α-hetero) is 2. The molecule has 0 fully saturated rings. The van der Waals surface area contributed by atoms with Crippen LogP contribution >= 0.6 is 8.60 Å². The second kappa shape index (κ2) is 26.6. The van der Waals surface area contributed by atoms with Crippen LogP contribution in [0.1, 0.15) is 97.0 Å². The molecule has 11 atom stereocenters. The van der Waals surface area contributed by atoms with Crippen LogP contribution in [0, 0.1) is 11.8 Å². The first-order valence-electron chi connectivity index (χ1n) is 27.9. The van der Waals surface area contributed by atoms with E-state index in [4.69, 9.17) is 27.4 Å². The molecule has 0 bridgehead atoms. The highest BCUT2D eigenvalue weighted by molar-refractivity contribution is 7.86. The number of aromatic nitrogens is 2. The quantitative estimate of drug-likeness (QED) is 0.0446. The molecule has 2 aromatic heterocycles. The zero-order valence-electron chi connectivity index (χ0n) is 51.4. The molecule has 458 valence electrons. The topological polar surface area (TPSA) is 235 Å². The molecule has 9 rings (SSSR count). The van der Waals surface area contributed by atoms with Crippen LogP contribution in [-0.4, -0.2) is 152 Å². The first-order chi connectivity index (χ1) is 39.4. The number of benzene rings is 3. The monoisotopic (exact) mass is 1230 g/mol. The summed E-state index contributed by atoms with van der Waals surface area (Å²) < 4.78 is 65.0. The van der Waals surface area contributed by atoms with E-state index < -0.39 is 106 Å². The fourth-order valence-corrected chi connectivity index (χ4v) is 15.0. The van der Waals surface area contributed by atoms with Crippen molar-refractivity contribution >= 4 is 47.6 Å². The highest BCUT2D eigenvalue weighted by Gasteiger charge is 2.66. The molecule has 3 aromatic carbocycles. The molecular weight excluding hydrogens is 1150 g/mol. The fraction of sp³-hybridized carbons (Fsp3) is 0.508. The minimum Gasteiger partial charge on any atom is -0.470 e. The van der Waals surface area contributed by atoms with E-state index in [0.29, 0.717) is 10.7 Å². The van der Waals surface area contributed by atoms with Crippen LogP contribution in [-0.2, 0) is 46.4 Å². The van der Waals surface area contributed by atoms with Crippen LogP contribution < -0.4 is 9.47 Å². The molecule has 4 aliphatic rings. The van der Waals surface area contributed by atoms with Crippen LogP contribution in [0.4, 0.5) is 0 Å². The molecule has 0 saturated heterocycles. The third-order valence-electron chi connectivity index (χ3n) is 17.0. The summed E-state index contributed by atoms with van der Waals surface area (Å²) >= 11 is 0. The summed E-state index contributed by atoms with van der Waals surface area (Å²) in [5.41, 5.74) is -2.07. The Labute approximate surface area is 500 Å². The Morgan fingerprint density at radius 1 is 0.619 bits per heavy atom. The number of hydrogen-bond donors (Lipinski definition) is 3. The number of carbonyl (C=O) groups is 2. The van der Waals surface area contributed by atoms with Gasteiger partial charge in [-0.3, -0.25) is 23.6 Å². The highest BCUT2D eigenvalue weighted by Crippen LogP contribution is 2.55. The molecule has 1 unspecified atom stereocenters. The molecule has 23 heteroatoms. The van der Waals surface area contributed by atoms with Crippen molar-refractivity contribution < 1.29 is 70.1 Å². The molecule has 0 saturated carbocycles. The molecule has 0 amide bonds. The Morgan fingerprint density at radius 2 is 1.05 bits per heavy atom. The molecular formula is C61H85N4O15PSSi2. The van der Waals surface area contributed by atoms with E-state index in [-0.39, 0.29) is 51.9 Å². The first-order valence-corrected chi connectivity index (χ1v) is 36.0. The normalized spacial score (nSPS) is 26.1. The van der Waals surface area contributed by atoms with Gasteiger partial charge in [0.25, 0.3) is 11.8 Å². The molecule has 0 spiro atoms. The predicted molar refractivity (Wildman–Crippen MR) is 326 cm³/mol. The van der Waals surface area contributed by atoms with Crippen molar-refractivity contribution in [2.45, 2.75) is 143 Å². The lowest BCUT2D eigenvalue weighted by Crippen LogP contribution is -2.68. The number of hydrogen-bond acceptors (Lipinski definition) is 19. The van der Waals surface area contributed by atoms with Crippen LogP contribution in [0.3, 0.4) is 0 Å². The molecule has 0 aliphatic heterocycles. The van der Waals surface area contributed by atoms with Crippen molar-refractivity contribution in [1.29, 1.82) is 0 Å². The Morgan fingerprint density at radius 3 is 1.48 bits per heavy atom. The standard InChI is InChI=1S/C32H40N2O6SSi.C26H36N2O6Si.C3H9O3P/c1-31(2,3)42(6,7)40-29-24(41(37)22-16-12-9-13-17-22)19-18-23-26(34(4)5)27-25(28(35)32(23,29)36)30(33-39-27)38-20-21-14-10-8-11-15-21;1-25(2,3)35(6,7)34-18-14-13-17(29)20-21(28(4)5)22-19(23(30)26(18,20)31)24(27-33-22)32-15-16-11-9-8-10-12-16;1-4-7(5-2)6-3/h8-19,23-24,26,29,36H,20H2,1-7H3;8-14,17-18,20-21,29,31H,15H2,1-7H3;1-3H3/t23-,24+,26-,29+,32+,41?;17-,18+,20-,21-,26+;/m00./s1. The lowest BCUT2D eigenvalue weighted by Gasteiger charge is -2.53. The largest absolute Gasteiger partial charge is 0.470 e. The molecule has 2 heterocycles. The number of rotatable bonds is 17. The van der Waals surface area contributed by atoms with Crippen molar-refractivity contribution in [2.24, 2.45) is 11.8 Å². The summed E-state index contributed by atoms with van der Waals surface area (Å²) in [6.07, 6.45) is 3.77. The lowest BCUT2D eigenvalue weighted by molar-refractivity contribution is -0.123. The van der Waals surface area contributed by atoms with Crippen molar-refractivity contribution in [1.82, 2.24) is 20.1 Å². The Balaban J connectivity index is 0.000000219. The van der Waals surface area contributed by atoms with E-state index in [9.17, 15) is 29.1 Å². The highest BCUT2D eigenvalue weighted by atomic mass is 32.2. The summed E-state index contributed by atoms with van der Waals surface area (Å²) in [6, 6.07) is 27.0. The van der Waals surface area contributed by atoms with Gasteiger partial charge in [-0.25, -0.2) is 0 Å². The van der Waals surface area contributed by atoms with E-state index in [2.05, 4.69) is 91.6 Å². The van der Waals surface area contributed by atoms with Gasteiger partial charge in [0.2, 0.25) is 11.6 Å². The molecule has 5 aromatic rings. The van der Waals surface area contributed by atoms with Crippen LogP contribution in [0.25, 0.3) is 0 Å². The number of ketones is 2. The minimum atomic E-state index is -2.60. The summed E-state index contributed by atoms with van der Waals surface area (Å²) in [5, 5.41) is 43.1. The summed E-state index contributed by atoms with van der Waals surface area (Å²) in [6.45, 7) is 21.2. The average Bonchev–Trinajstić information content (AvgIpc) is 1.35. The number of nitrogens with zero attached hydrogens (tertiary/aromatic N) is 4. The number of aliphatic hydroxyl groups excluding tert-OH is 1. The van der Waals surface area contributed by atoms with Crippen molar-refractivity contribution in [3.05, 3.63) is 149 Å². The zero-order valence-corrected chi connectivity index (χ0v) is 55.1. The van der Waals surface area contributed by atoms with Crippen LogP contribution in [0.15, 0.2) is 129 Å². The lowest BCUT2D eigenvalue weighted by atomic mass is 9.63. The number of aliphatic hydroxyl groups is 3. The average molecular weight is 1230 g/mol. The van der Waals surface area contributed by atoms with Crippen LogP contribution in [0.5, 0.6) is 11.8 Å². The Kier molecular flexibility index (Phi) is 21.1. The first kappa shape index (κ1) is 66.6. The second-order valence-electron chi connectivity index (χ2n) is 24.9. The molecule has 19 nitrogen and oxygen atoms in total. The molecule has 0 radical (unpaired) electrons. The van der Waals surface area contributed by atoms with Crippen molar-refractivity contribution in [3.8, 4) is 11.8 Å². The third-order valence-corrected chi connectivity index (χ3v) is 28.4. The second-order valence-corrected chi connectivity index (χ2v) is 37.6. The minimum absolute atomic E-state index is 0.0268. The van der Waals surface area contributed by atoms with E-state index in [1.807, 2.05) is 123 Å². The SMILES string of the molecule is CN(C)[C@@H]1c2onc(OCc3ccccc3)c2C(=O)[C@@]2(O)[C@H](O[Si](C)(C)C(C)(C)C)[C@H](S(=O)c3ccccc3)C=C[C@@H]12.CN(C)[C@@H]1c2onc(OCc3ccccc3)c2C(=O)[C@]2(O)[C@H]1[C@@H](O)C=C[C@H]2O[Si](C)(C)C(C)(C)C.COP(OC)OC. The Bertz CT molecular complexity index is 3100. The van der Waals surface area contributed by atoms with Gasteiger partial charge < -0.3 is 56.3 Å². The smallest absolute Gasteiger partial charge is 0.331 e. The van der Waals surface area contributed by atoms with Gasteiger partial charge in [0.05, 0.1) is 40.2 Å². The van der Waals surface area contributed by atoms with E-state index >= 15 is 0 Å². The Hall–Kier alpha value is -4.89. The van der Waals surface area contributed by atoms with Gasteiger partial charge in [-0.05, 0) is 98.0 Å². The van der Waals surface area contributed by atoms with E-state index in [0.717, 1.165) is 11.1 Å². The van der Waals surface area contributed by atoms with Gasteiger partial charge in [0.1, 0.15) is 36.5 Å². The maximum atomic E-state index is 14.6. The number of carbonyl (C=O) groups excluding carboxylic acids is 2. The maximum absolute atomic E-state index is 14.6. The van der Waals surface area contributed by atoms with Crippen LogP contribution in [0.2, 0.25) is 36.3 Å². The predicted octanol–water partition coefficient (Wildman–Crippen LogP) is 10.4. The molecule has 3 N–H and O–H groups in total. The summed E-state index contributed by atoms with van der Waals surface area (Å²) in [5.74, 6) is -2.17. The van der Waals surface area contributed by atoms with Crippen molar-refractivity contribution in [3.63, 3.8) is 0 Å². The van der Waals surface area contributed by atoms with Gasteiger partial charge in [0, 0.05) is 32.1 Å².